The molecule has 0 saturated heterocycles. The second kappa shape index (κ2) is 9.15. The molecule has 0 spiro atoms. The van der Waals surface area contributed by atoms with E-state index in [1.807, 2.05) is 59.3 Å². The van der Waals surface area contributed by atoms with Crippen LogP contribution < -0.4 is 5.01 Å². The van der Waals surface area contributed by atoms with Gasteiger partial charge >= 0.3 is 0 Å². The van der Waals surface area contributed by atoms with E-state index in [0.717, 1.165) is 16.6 Å². The molecule has 1 aliphatic rings. The van der Waals surface area contributed by atoms with Gasteiger partial charge in [0.05, 0.1) is 16.9 Å². The minimum absolute atomic E-state index is 0.124. The Balaban J connectivity index is 1.40. The van der Waals surface area contributed by atoms with Crippen LogP contribution in [0.15, 0.2) is 90.2 Å². The van der Waals surface area contributed by atoms with E-state index in [-0.39, 0.29) is 24.2 Å². The molecule has 1 atom stereocenters. The highest BCUT2D eigenvalue weighted by atomic mass is 19.3. The number of amides is 1. The maximum atomic E-state index is 14.1. The summed E-state index contributed by atoms with van der Waals surface area (Å²) in [6, 6.07) is 23.3. The molecule has 36 heavy (non-hydrogen) atoms. The second-order valence-corrected chi connectivity index (χ2v) is 8.99. The van der Waals surface area contributed by atoms with Crippen LogP contribution in [0, 0.1) is 5.92 Å². The fraction of sp³-hybridized carbons (Fsp3) is 0.207. The zero-order valence-electron chi connectivity index (χ0n) is 20.0. The lowest BCUT2D eigenvalue weighted by molar-refractivity contribution is -0.128. The monoisotopic (exact) mass is 485 g/mol. The molecule has 1 unspecified atom stereocenters. The van der Waals surface area contributed by atoms with Gasteiger partial charge in [0.2, 0.25) is 0 Å². The van der Waals surface area contributed by atoms with Gasteiger partial charge in [-0.1, -0.05) is 49.4 Å². The van der Waals surface area contributed by atoms with Gasteiger partial charge in [0.25, 0.3) is 11.8 Å². The number of hydrogen-bond donors (Lipinski definition) is 0. The van der Waals surface area contributed by atoms with Crippen LogP contribution in [0.2, 0.25) is 0 Å². The van der Waals surface area contributed by atoms with Gasteiger partial charge in [0.1, 0.15) is 5.92 Å². The predicted molar refractivity (Wildman–Crippen MR) is 137 cm³/mol. The topological polar surface area (TPSA) is 54.7 Å². The Hall–Kier alpha value is -4.13. The summed E-state index contributed by atoms with van der Waals surface area (Å²) in [5.41, 5.74) is 3.16. The highest BCUT2D eigenvalue weighted by Gasteiger charge is 2.39. The van der Waals surface area contributed by atoms with E-state index in [1.54, 1.807) is 19.1 Å². The molecule has 1 aromatic heterocycles. The third-order valence-corrected chi connectivity index (χ3v) is 6.58. The van der Waals surface area contributed by atoms with Gasteiger partial charge < -0.3 is 4.57 Å². The zero-order chi connectivity index (χ0) is 25.4. The molecule has 0 N–H and O–H groups in total. The normalized spacial score (nSPS) is 16.0. The van der Waals surface area contributed by atoms with Crippen LogP contribution in [-0.4, -0.2) is 22.0 Å². The smallest absolute Gasteiger partial charge is 0.273 e. The number of Topliss-reactive ketones (excluding diaryl/α,β-unsaturated/α-hetero) is 1. The SMILES string of the molecule is CCC(F)(F)c1cccc(CC(=O)C2C(=O)N(c3ccc4ccn(-c5ccccc5)c4c3)N=C2C)c1. The van der Waals surface area contributed by atoms with Crippen LogP contribution >= 0.6 is 0 Å². The van der Waals surface area contributed by atoms with Gasteiger partial charge in [-0.15, -0.1) is 0 Å². The third-order valence-electron chi connectivity index (χ3n) is 6.58. The molecule has 0 saturated carbocycles. The highest BCUT2D eigenvalue weighted by molar-refractivity contribution is 6.27. The number of nitrogens with zero attached hydrogens (tertiary/aromatic N) is 3. The van der Waals surface area contributed by atoms with Crippen LogP contribution in [0.1, 0.15) is 31.4 Å². The maximum Gasteiger partial charge on any atom is 0.273 e. The van der Waals surface area contributed by atoms with E-state index < -0.39 is 17.7 Å². The molecule has 2 heterocycles. The number of alkyl halides is 2. The summed E-state index contributed by atoms with van der Waals surface area (Å²) >= 11 is 0. The number of rotatable bonds is 7. The summed E-state index contributed by atoms with van der Waals surface area (Å²) in [4.78, 5) is 26.4. The number of ketones is 1. The van der Waals surface area contributed by atoms with Crippen LogP contribution in [0.3, 0.4) is 0 Å². The molecule has 7 heteroatoms. The molecule has 5 nitrogen and oxygen atoms in total. The van der Waals surface area contributed by atoms with Crippen LogP contribution in [-0.2, 0) is 21.9 Å². The van der Waals surface area contributed by atoms with Gasteiger partial charge in [-0.3, -0.25) is 9.59 Å². The van der Waals surface area contributed by atoms with Crippen LogP contribution in [0.25, 0.3) is 16.6 Å². The lowest BCUT2D eigenvalue weighted by atomic mass is 9.92. The summed E-state index contributed by atoms with van der Waals surface area (Å²) in [5.74, 6) is -4.82. The lowest BCUT2D eigenvalue weighted by Crippen LogP contribution is -2.33. The summed E-state index contributed by atoms with van der Waals surface area (Å²) in [6.07, 6.45) is 1.51. The van der Waals surface area contributed by atoms with Crippen molar-refractivity contribution in [1.82, 2.24) is 4.57 Å². The number of hydrazone groups is 1. The van der Waals surface area contributed by atoms with E-state index in [9.17, 15) is 18.4 Å². The molecule has 0 fully saturated rings. The molecule has 182 valence electrons. The van der Waals surface area contributed by atoms with Crippen LogP contribution in [0.4, 0.5) is 14.5 Å². The van der Waals surface area contributed by atoms with Crippen molar-refractivity contribution in [3.63, 3.8) is 0 Å². The van der Waals surface area contributed by atoms with Crippen molar-refractivity contribution in [2.75, 3.05) is 5.01 Å². The van der Waals surface area contributed by atoms with Crippen molar-refractivity contribution in [2.45, 2.75) is 32.6 Å². The number of carbonyl (C=O) groups excluding carboxylic acids is 2. The quantitative estimate of drug-likeness (QED) is 0.289. The largest absolute Gasteiger partial charge is 0.316 e. The zero-order valence-corrected chi connectivity index (χ0v) is 20.0. The van der Waals surface area contributed by atoms with E-state index in [0.29, 0.717) is 17.0 Å². The number of fused-ring (bicyclic) bond motifs is 1. The highest BCUT2D eigenvalue weighted by Crippen LogP contribution is 2.33. The fourth-order valence-electron chi connectivity index (χ4n) is 4.60. The van der Waals surface area contributed by atoms with Gasteiger partial charge in [0.15, 0.2) is 5.78 Å². The number of carbonyl (C=O) groups is 2. The third kappa shape index (κ3) is 4.21. The number of hydrogen-bond acceptors (Lipinski definition) is 3. The average Bonchev–Trinajstić information content (AvgIpc) is 3.44. The van der Waals surface area contributed by atoms with Crippen molar-refractivity contribution >= 4 is 34.0 Å². The standard InChI is InChI=1S/C29H25F2N3O2/c1-3-29(30,31)22-9-7-8-20(16-22)17-26(35)27-19(2)32-34(28(27)36)24-13-12-21-14-15-33(25(21)18-24)23-10-5-4-6-11-23/h4-16,18,27H,3,17H2,1-2H3. The van der Waals surface area contributed by atoms with E-state index in [4.69, 9.17) is 0 Å². The van der Waals surface area contributed by atoms with Crippen molar-refractivity contribution in [2.24, 2.45) is 11.0 Å². The first-order valence-electron chi connectivity index (χ1n) is 11.8. The molecule has 0 bridgehead atoms. The van der Waals surface area contributed by atoms with Gasteiger partial charge in [-0.25, -0.2) is 8.78 Å². The predicted octanol–water partition coefficient (Wildman–Crippen LogP) is 6.28. The van der Waals surface area contributed by atoms with Gasteiger partial charge in [-0.2, -0.15) is 10.1 Å². The first kappa shape index (κ1) is 23.6. The van der Waals surface area contributed by atoms with E-state index in [2.05, 4.69) is 5.10 Å². The number of benzene rings is 3. The molecular formula is C29H25F2N3O2. The molecule has 4 aromatic rings. The van der Waals surface area contributed by atoms with Crippen molar-refractivity contribution < 1.29 is 18.4 Å². The summed E-state index contributed by atoms with van der Waals surface area (Å²) in [7, 11) is 0. The van der Waals surface area contributed by atoms with E-state index in [1.165, 1.54) is 30.1 Å². The van der Waals surface area contributed by atoms with Crippen molar-refractivity contribution in [1.29, 1.82) is 0 Å². The molecule has 5 rings (SSSR count). The molecule has 1 aliphatic heterocycles. The van der Waals surface area contributed by atoms with Gasteiger partial charge in [-0.05, 0) is 48.9 Å². The number of para-hydroxylation sites is 1. The molecular weight excluding hydrogens is 460 g/mol. The fourth-order valence-corrected chi connectivity index (χ4v) is 4.60. The Bertz CT molecular complexity index is 1490. The first-order chi connectivity index (χ1) is 17.3. The summed E-state index contributed by atoms with van der Waals surface area (Å²) in [5, 5.41) is 6.67. The summed E-state index contributed by atoms with van der Waals surface area (Å²) < 4.78 is 30.3. The number of aromatic nitrogens is 1. The average molecular weight is 486 g/mol. The maximum absolute atomic E-state index is 14.1. The Labute approximate surface area is 207 Å². The van der Waals surface area contributed by atoms with Gasteiger partial charge in [0, 0.05) is 35.7 Å². The lowest BCUT2D eigenvalue weighted by Gasteiger charge is -2.16. The Morgan fingerprint density at radius 1 is 0.972 bits per heavy atom. The summed E-state index contributed by atoms with van der Waals surface area (Å²) in [6.45, 7) is 3.06. The van der Waals surface area contributed by atoms with E-state index >= 15 is 0 Å². The van der Waals surface area contributed by atoms with Crippen LogP contribution in [0.5, 0.6) is 0 Å². The Morgan fingerprint density at radius 2 is 1.75 bits per heavy atom. The minimum Gasteiger partial charge on any atom is -0.316 e. The minimum atomic E-state index is -2.97. The second-order valence-electron chi connectivity index (χ2n) is 8.99. The van der Waals surface area contributed by atoms with Crippen molar-refractivity contribution in [3.8, 4) is 5.69 Å². The molecule has 0 aliphatic carbocycles. The number of halogens is 2. The van der Waals surface area contributed by atoms with Crippen molar-refractivity contribution in [3.05, 3.63) is 96.2 Å². The Kier molecular flexibility index (Phi) is 6.00. The first-order valence-corrected chi connectivity index (χ1v) is 11.8. The Morgan fingerprint density at radius 3 is 2.50 bits per heavy atom. The molecule has 1 amide bonds. The molecule has 0 radical (unpaired) electrons. The number of anilines is 1. The molecule has 3 aromatic carbocycles.